The molecule has 0 fully saturated rings. The van der Waals surface area contributed by atoms with Crippen molar-refractivity contribution in [2.75, 3.05) is 0 Å². The first-order valence-electron chi connectivity index (χ1n) is 9.98. The fourth-order valence-electron chi connectivity index (χ4n) is 3.95. The van der Waals surface area contributed by atoms with Crippen molar-refractivity contribution >= 4 is 16.9 Å². The van der Waals surface area contributed by atoms with Gasteiger partial charge in [-0.2, -0.15) is 4.98 Å². The van der Waals surface area contributed by atoms with Gasteiger partial charge in [0.25, 0.3) is 5.56 Å². The van der Waals surface area contributed by atoms with Gasteiger partial charge in [0, 0.05) is 31.0 Å². The van der Waals surface area contributed by atoms with Gasteiger partial charge in [0.1, 0.15) is 0 Å². The fourth-order valence-corrected chi connectivity index (χ4v) is 3.95. The molecule has 0 aliphatic heterocycles. The molecule has 0 radical (unpaired) electrons. The first-order chi connectivity index (χ1) is 15.0. The number of hydrogen-bond acceptors (Lipinski definition) is 3. The van der Waals surface area contributed by atoms with Crippen LogP contribution in [0.15, 0.2) is 83.0 Å². The Hall–Kier alpha value is -4.13. The van der Waals surface area contributed by atoms with Gasteiger partial charge in [0.15, 0.2) is 11.2 Å². The van der Waals surface area contributed by atoms with Gasteiger partial charge in [-0.05, 0) is 19.1 Å². The normalized spacial score (nSPS) is 11.4. The molecule has 0 aliphatic rings. The molecule has 3 heterocycles. The van der Waals surface area contributed by atoms with Crippen LogP contribution < -0.4 is 11.2 Å². The predicted molar refractivity (Wildman–Crippen MR) is 122 cm³/mol. The molecule has 31 heavy (non-hydrogen) atoms. The molecule has 0 spiro atoms. The molecule has 0 aliphatic carbocycles. The Morgan fingerprint density at radius 3 is 2.42 bits per heavy atom. The number of aromatic nitrogens is 5. The van der Waals surface area contributed by atoms with Crippen LogP contribution in [-0.4, -0.2) is 23.1 Å². The summed E-state index contributed by atoms with van der Waals surface area (Å²) in [6, 6.07) is 18.1. The van der Waals surface area contributed by atoms with Crippen LogP contribution in [0.2, 0.25) is 0 Å². The number of benzene rings is 2. The smallest absolute Gasteiger partial charge is 0.279 e. The van der Waals surface area contributed by atoms with Gasteiger partial charge in [-0.3, -0.25) is 22.9 Å². The highest BCUT2D eigenvalue weighted by molar-refractivity contribution is 5.79. The summed E-state index contributed by atoms with van der Waals surface area (Å²) < 4.78 is 6.37. The summed E-state index contributed by atoms with van der Waals surface area (Å²) in [7, 11) is 1.63. The summed E-state index contributed by atoms with van der Waals surface area (Å²) in [4.78, 5) is 30.7. The number of allylic oxidation sites excluding steroid dienone is 1. The molecule has 154 valence electrons. The van der Waals surface area contributed by atoms with Crippen LogP contribution >= 0.6 is 0 Å². The van der Waals surface area contributed by atoms with Gasteiger partial charge in [-0.25, -0.2) is 4.79 Å². The third-order valence-electron chi connectivity index (χ3n) is 5.52. The van der Waals surface area contributed by atoms with Crippen molar-refractivity contribution in [3.63, 3.8) is 0 Å². The zero-order valence-corrected chi connectivity index (χ0v) is 17.3. The fraction of sp³-hybridized carbons (Fsp3) is 0.125. The Morgan fingerprint density at radius 2 is 1.74 bits per heavy atom. The Labute approximate surface area is 177 Å². The van der Waals surface area contributed by atoms with Crippen LogP contribution in [0.3, 0.4) is 0 Å². The SMILES string of the molecule is C=CCn1c(=O)c2c(nc3n(-c4ccc(C)cc4)c(-c4ccccc4)cn23)n(C)c1=O. The van der Waals surface area contributed by atoms with Crippen molar-refractivity contribution < 1.29 is 0 Å². The van der Waals surface area contributed by atoms with Crippen molar-refractivity contribution in [1.82, 2.24) is 23.1 Å². The van der Waals surface area contributed by atoms with Crippen LogP contribution in [0.25, 0.3) is 33.9 Å². The minimum Gasteiger partial charge on any atom is -0.279 e. The summed E-state index contributed by atoms with van der Waals surface area (Å²) in [5.41, 5.74) is 3.89. The Balaban J connectivity index is 1.95. The number of imidazole rings is 2. The molecule has 0 saturated heterocycles. The molecule has 7 heteroatoms. The predicted octanol–water partition coefficient (Wildman–Crippen LogP) is 3.30. The number of rotatable bonds is 4. The highest BCUT2D eigenvalue weighted by Gasteiger charge is 2.22. The molecule has 2 aromatic carbocycles. The van der Waals surface area contributed by atoms with E-state index in [1.165, 1.54) is 9.13 Å². The molecule has 0 bridgehead atoms. The van der Waals surface area contributed by atoms with Gasteiger partial charge < -0.3 is 0 Å². The van der Waals surface area contributed by atoms with E-state index in [2.05, 4.69) is 6.58 Å². The van der Waals surface area contributed by atoms with Crippen LogP contribution in [0.1, 0.15) is 5.56 Å². The van der Waals surface area contributed by atoms with E-state index >= 15 is 0 Å². The highest BCUT2D eigenvalue weighted by Crippen LogP contribution is 2.28. The molecular weight excluding hydrogens is 390 g/mol. The second-order valence-corrected chi connectivity index (χ2v) is 7.55. The molecule has 7 nitrogen and oxygen atoms in total. The van der Waals surface area contributed by atoms with Crippen LogP contribution in [0.4, 0.5) is 0 Å². The lowest BCUT2D eigenvalue weighted by molar-refractivity contribution is 0.667. The van der Waals surface area contributed by atoms with Crippen molar-refractivity contribution in [1.29, 1.82) is 0 Å². The third-order valence-corrected chi connectivity index (χ3v) is 5.52. The first-order valence-corrected chi connectivity index (χ1v) is 9.98. The van der Waals surface area contributed by atoms with Gasteiger partial charge in [0.05, 0.1) is 5.69 Å². The van der Waals surface area contributed by atoms with E-state index in [4.69, 9.17) is 4.98 Å². The van der Waals surface area contributed by atoms with E-state index in [0.29, 0.717) is 16.9 Å². The molecule has 5 rings (SSSR count). The second-order valence-electron chi connectivity index (χ2n) is 7.55. The van der Waals surface area contributed by atoms with E-state index in [1.54, 1.807) is 17.5 Å². The number of nitrogens with zero attached hydrogens (tertiary/aromatic N) is 5. The van der Waals surface area contributed by atoms with Crippen LogP contribution in [0, 0.1) is 6.92 Å². The largest absolute Gasteiger partial charge is 0.332 e. The molecule has 0 N–H and O–H groups in total. The minimum atomic E-state index is -0.414. The summed E-state index contributed by atoms with van der Waals surface area (Å²) >= 11 is 0. The highest BCUT2D eigenvalue weighted by atomic mass is 16.2. The zero-order chi connectivity index (χ0) is 21.7. The van der Waals surface area contributed by atoms with Crippen molar-refractivity contribution in [2.45, 2.75) is 13.5 Å². The van der Waals surface area contributed by atoms with Crippen LogP contribution in [0.5, 0.6) is 0 Å². The number of aryl methyl sites for hydroxylation is 2. The number of fused-ring (bicyclic) bond motifs is 3. The lowest BCUT2D eigenvalue weighted by Crippen LogP contribution is -2.39. The molecule has 0 amide bonds. The third kappa shape index (κ3) is 2.78. The van der Waals surface area contributed by atoms with Gasteiger partial charge >= 0.3 is 5.69 Å². The maximum atomic E-state index is 13.2. The van der Waals surface area contributed by atoms with Crippen molar-refractivity contribution in [3.8, 4) is 16.9 Å². The number of hydrogen-bond donors (Lipinski definition) is 0. The molecule has 3 aromatic heterocycles. The quantitative estimate of drug-likeness (QED) is 0.426. The molecule has 5 aromatic rings. The molecule has 0 saturated carbocycles. The first kappa shape index (κ1) is 18.9. The molecular formula is C24H21N5O2. The summed E-state index contributed by atoms with van der Waals surface area (Å²) in [6.45, 7) is 5.84. The van der Waals surface area contributed by atoms with Gasteiger partial charge in [0.2, 0.25) is 5.78 Å². The lowest BCUT2D eigenvalue weighted by atomic mass is 10.1. The van der Waals surface area contributed by atoms with Crippen LogP contribution in [-0.2, 0) is 13.6 Å². The van der Waals surface area contributed by atoms with Gasteiger partial charge in [-0.15, -0.1) is 6.58 Å². The maximum Gasteiger partial charge on any atom is 0.332 e. The maximum absolute atomic E-state index is 13.2. The zero-order valence-electron chi connectivity index (χ0n) is 17.3. The topological polar surface area (TPSA) is 66.2 Å². The Kier molecular flexibility index (Phi) is 4.25. The minimum absolute atomic E-state index is 0.138. The second kappa shape index (κ2) is 6.98. The van der Waals surface area contributed by atoms with E-state index in [9.17, 15) is 9.59 Å². The lowest BCUT2D eigenvalue weighted by Gasteiger charge is -2.09. The Bertz CT molecular complexity index is 1560. The summed E-state index contributed by atoms with van der Waals surface area (Å²) in [5, 5.41) is 0. The van der Waals surface area contributed by atoms with Crippen molar-refractivity contribution in [2.24, 2.45) is 7.05 Å². The average molecular weight is 411 g/mol. The molecule has 0 unspecified atom stereocenters. The summed E-state index contributed by atoms with van der Waals surface area (Å²) in [6.07, 6.45) is 3.45. The van der Waals surface area contributed by atoms with Gasteiger partial charge in [-0.1, -0.05) is 54.1 Å². The Morgan fingerprint density at radius 1 is 1.03 bits per heavy atom. The van der Waals surface area contributed by atoms with E-state index < -0.39 is 5.69 Å². The monoisotopic (exact) mass is 411 g/mol. The van der Waals surface area contributed by atoms with E-state index in [0.717, 1.165) is 22.5 Å². The van der Waals surface area contributed by atoms with Crippen molar-refractivity contribution in [3.05, 3.63) is 99.9 Å². The standard InChI is InChI=1S/C24H21N5O2/c1-4-14-27-22(30)20-21(26(3)24(27)31)25-23-28(20)15-19(17-8-6-5-7-9-17)29(23)18-12-10-16(2)11-13-18/h4-13,15H,1,14H2,2-3H3. The van der Waals surface area contributed by atoms with E-state index in [-0.39, 0.29) is 12.1 Å². The summed E-state index contributed by atoms with van der Waals surface area (Å²) in [5.74, 6) is 0.571. The molecule has 0 atom stereocenters. The average Bonchev–Trinajstić information content (AvgIpc) is 3.33. The van der Waals surface area contributed by atoms with E-state index in [1.807, 2.05) is 72.3 Å².